The van der Waals surface area contributed by atoms with Gasteiger partial charge in [0.15, 0.2) is 0 Å². The first kappa shape index (κ1) is 15.2. The van der Waals surface area contributed by atoms with Gasteiger partial charge >= 0.3 is 0 Å². The second-order valence-corrected chi connectivity index (χ2v) is 6.76. The highest BCUT2D eigenvalue weighted by Crippen LogP contribution is 2.27. The fourth-order valence-corrected chi connectivity index (χ4v) is 2.29. The zero-order chi connectivity index (χ0) is 14.9. The van der Waals surface area contributed by atoms with Crippen molar-refractivity contribution >= 4 is 15.9 Å². The number of aryl methyl sites for hydroxylation is 1. The van der Waals surface area contributed by atoms with Crippen LogP contribution < -0.4 is 5.32 Å². The van der Waals surface area contributed by atoms with E-state index in [1.165, 1.54) is 6.07 Å². The minimum absolute atomic E-state index is 0.0382. The van der Waals surface area contributed by atoms with Crippen molar-refractivity contribution in [1.29, 1.82) is 0 Å². The van der Waals surface area contributed by atoms with Crippen LogP contribution in [0.3, 0.4) is 0 Å². The predicted octanol–water partition coefficient (Wildman–Crippen LogP) is 3.88. The molecule has 1 aromatic carbocycles. The van der Waals surface area contributed by atoms with Crippen LogP contribution in [0.5, 0.6) is 0 Å². The van der Waals surface area contributed by atoms with E-state index in [1.54, 1.807) is 16.8 Å². The molecule has 20 heavy (non-hydrogen) atoms. The number of aromatic nitrogens is 2. The van der Waals surface area contributed by atoms with E-state index >= 15 is 0 Å². The molecule has 0 aliphatic carbocycles. The number of nitrogens with one attached hydrogen (secondary N) is 1. The second-order valence-electron chi connectivity index (χ2n) is 5.91. The molecule has 0 fully saturated rings. The van der Waals surface area contributed by atoms with Crippen molar-refractivity contribution in [2.24, 2.45) is 7.05 Å². The van der Waals surface area contributed by atoms with E-state index in [0.717, 1.165) is 23.4 Å². The zero-order valence-corrected chi connectivity index (χ0v) is 13.8. The summed E-state index contributed by atoms with van der Waals surface area (Å²) in [7, 11) is 1.89. The van der Waals surface area contributed by atoms with Crippen molar-refractivity contribution in [3.8, 4) is 11.3 Å². The Morgan fingerprint density at radius 2 is 2.05 bits per heavy atom. The van der Waals surface area contributed by atoms with Crippen LogP contribution in [0.15, 0.2) is 28.9 Å². The molecule has 5 heteroatoms. The number of benzene rings is 1. The molecule has 0 radical (unpaired) electrons. The first-order valence-corrected chi connectivity index (χ1v) is 7.28. The SMILES string of the molecule is Cn1cc(CNC(C)(C)C)c(-c2ccc(F)c(Br)c2)n1. The number of hydrogen-bond donors (Lipinski definition) is 1. The maximum absolute atomic E-state index is 13.3. The summed E-state index contributed by atoms with van der Waals surface area (Å²) in [5, 5.41) is 7.93. The van der Waals surface area contributed by atoms with Crippen LogP contribution >= 0.6 is 15.9 Å². The highest BCUT2D eigenvalue weighted by atomic mass is 79.9. The van der Waals surface area contributed by atoms with E-state index in [9.17, 15) is 4.39 Å². The van der Waals surface area contributed by atoms with Crippen LogP contribution in [0, 0.1) is 5.82 Å². The van der Waals surface area contributed by atoms with Crippen LogP contribution in [0.1, 0.15) is 26.3 Å². The molecule has 0 unspecified atom stereocenters. The third-order valence-corrected chi connectivity index (χ3v) is 3.51. The molecule has 1 aromatic heterocycles. The monoisotopic (exact) mass is 339 g/mol. The number of nitrogens with zero attached hydrogens (tertiary/aromatic N) is 2. The third-order valence-electron chi connectivity index (χ3n) is 2.91. The van der Waals surface area contributed by atoms with Crippen molar-refractivity contribution in [2.45, 2.75) is 32.9 Å². The van der Waals surface area contributed by atoms with E-state index in [4.69, 9.17) is 0 Å². The van der Waals surface area contributed by atoms with Gasteiger partial charge in [0, 0.05) is 36.5 Å². The molecular formula is C15H19BrFN3. The highest BCUT2D eigenvalue weighted by molar-refractivity contribution is 9.10. The Labute approximate surface area is 127 Å². The zero-order valence-electron chi connectivity index (χ0n) is 12.2. The molecule has 0 spiro atoms. The number of hydrogen-bond acceptors (Lipinski definition) is 2. The maximum atomic E-state index is 13.3. The first-order chi connectivity index (χ1) is 9.26. The Morgan fingerprint density at radius 3 is 2.65 bits per heavy atom. The van der Waals surface area contributed by atoms with Crippen molar-refractivity contribution in [1.82, 2.24) is 15.1 Å². The maximum Gasteiger partial charge on any atom is 0.137 e. The number of rotatable bonds is 3. The van der Waals surface area contributed by atoms with Gasteiger partial charge in [-0.25, -0.2) is 4.39 Å². The van der Waals surface area contributed by atoms with Crippen LogP contribution in [-0.2, 0) is 13.6 Å². The van der Waals surface area contributed by atoms with Crippen molar-refractivity contribution in [3.05, 3.63) is 40.2 Å². The molecule has 3 nitrogen and oxygen atoms in total. The van der Waals surface area contributed by atoms with Gasteiger partial charge in [0.2, 0.25) is 0 Å². The van der Waals surface area contributed by atoms with Gasteiger partial charge in [-0.3, -0.25) is 4.68 Å². The molecule has 0 amide bonds. The molecule has 0 saturated carbocycles. The normalized spacial score (nSPS) is 11.9. The molecule has 2 aromatic rings. The van der Waals surface area contributed by atoms with E-state index in [1.807, 2.05) is 13.2 Å². The quantitative estimate of drug-likeness (QED) is 0.919. The van der Waals surface area contributed by atoms with Crippen LogP contribution in [0.25, 0.3) is 11.3 Å². The Bertz CT molecular complexity index is 614. The Balaban J connectivity index is 2.33. The van der Waals surface area contributed by atoms with E-state index in [-0.39, 0.29) is 11.4 Å². The second kappa shape index (κ2) is 5.66. The molecule has 0 saturated heterocycles. The predicted molar refractivity (Wildman–Crippen MR) is 82.9 cm³/mol. The Kier molecular flexibility index (Phi) is 4.30. The van der Waals surface area contributed by atoms with Gasteiger partial charge in [-0.1, -0.05) is 0 Å². The molecule has 108 valence electrons. The first-order valence-electron chi connectivity index (χ1n) is 6.49. The van der Waals surface area contributed by atoms with Gasteiger partial charge in [0.25, 0.3) is 0 Å². The van der Waals surface area contributed by atoms with Crippen LogP contribution in [0.2, 0.25) is 0 Å². The molecule has 0 aliphatic heterocycles. The highest BCUT2D eigenvalue weighted by Gasteiger charge is 2.15. The van der Waals surface area contributed by atoms with Crippen molar-refractivity contribution in [3.63, 3.8) is 0 Å². The lowest BCUT2D eigenvalue weighted by molar-refractivity contribution is 0.424. The molecule has 2 rings (SSSR count). The average Bonchev–Trinajstić information content (AvgIpc) is 2.71. The van der Waals surface area contributed by atoms with Crippen LogP contribution in [0.4, 0.5) is 4.39 Å². The minimum Gasteiger partial charge on any atom is -0.308 e. The fourth-order valence-electron chi connectivity index (χ4n) is 1.91. The summed E-state index contributed by atoms with van der Waals surface area (Å²) in [6.45, 7) is 7.09. The lowest BCUT2D eigenvalue weighted by atomic mass is 10.1. The summed E-state index contributed by atoms with van der Waals surface area (Å²) in [6.07, 6.45) is 1.99. The van der Waals surface area contributed by atoms with Crippen LogP contribution in [-0.4, -0.2) is 15.3 Å². The minimum atomic E-state index is -0.265. The fraction of sp³-hybridized carbons (Fsp3) is 0.400. The topological polar surface area (TPSA) is 29.9 Å². The van der Waals surface area contributed by atoms with Gasteiger partial charge in [-0.15, -0.1) is 0 Å². The Morgan fingerprint density at radius 1 is 1.35 bits per heavy atom. The van der Waals surface area contributed by atoms with Gasteiger partial charge in [0.1, 0.15) is 5.82 Å². The summed E-state index contributed by atoms with van der Waals surface area (Å²) >= 11 is 3.22. The summed E-state index contributed by atoms with van der Waals surface area (Å²) < 4.78 is 15.6. The van der Waals surface area contributed by atoms with Crippen molar-refractivity contribution in [2.75, 3.05) is 0 Å². The van der Waals surface area contributed by atoms with Gasteiger partial charge in [-0.05, 0) is 54.9 Å². The van der Waals surface area contributed by atoms with Gasteiger partial charge in [-0.2, -0.15) is 5.10 Å². The summed E-state index contributed by atoms with van der Waals surface area (Å²) in [5.41, 5.74) is 2.92. The van der Waals surface area contributed by atoms with Gasteiger partial charge < -0.3 is 5.32 Å². The van der Waals surface area contributed by atoms with E-state index in [2.05, 4.69) is 47.1 Å². The van der Waals surface area contributed by atoms with E-state index < -0.39 is 0 Å². The average molecular weight is 340 g/mol. The van der Waals surface area contributed by atoms with Gasteiger partial charge in [0.05, 0.1) is 10.2 Å². The molecular weight excluding hydrogens is 321 g/mol. The standard InChI is InChI=1S/C15H19BrFN3/c1-15(2,3)18-8-11-9-20(4)19-14(11)10-5-6-13(17)12(16)7-10/h5-7,9,18H,8H2,1-4H3. The third kappa shape index (κ3) is 3.67. The largest absolute Gasteiger partial charge is 0.308 e. The molecule has 0 bridgehead atoms. The lowest BCUT2D eigenvalue weighted by Gasteiger charge is -2.20. The molecule has 1 N–H and O–H groups in total. The molecule has 0 atom stereocenters. The van der Waals surface area contributed by atoms with E-state index in [0.29, 0.717) is 4.47 Å². The summed E-state index contributed by atoms with van der Waals surface area (Å²) in [5.74, 6) is -0.265. The van der Waals surface area contributed by atoms with Crippen molar-refractivity contribution < 1.29 is 4.39 Å². The molecule has 0 aliphatic rings. The Hall–Kier alpha value is -1.20. The number of halogens is 2. The molecule has 1 heterocycles. The summed E-state index contributed by atoms with van der Waals surface area (Å²) in [6, 6.07) is 4.97. The summed E-state index contributed by atoms with van der Waals surface area (Å²) in [4.78, 5) is 0. The lowest BCUT2D eigenvalue weighted by Crippen LogP contribution is -2.35. The smallest absolute Gasteiger partial charge is 0.137 e.